The minimum absolute atomic E-state index is 0.298. The lowest BCUT2D eigenvalue weighted by Crippen LogP contribution is -2.13. The van der Waals surface area contributed by atoms with Gasteiger partial charge >= 0.3 is 0 Å². The lowest BCUT2D eigenvalue weighted by Gasteiger charge is -2.10. The van der Waals surface area contributed by atoms with Gasteiger partial charge in [0.2, 0.25) is 0 Å². The van der Waals surface area contributed by atoms with Crippen molar-refractivity contribution in [3.63, 3.8) is 0 Å². The first-order valence-corrected chi connectivity index (χ1v) is 7.15. The summed E-state index contributed by atoms with van der Waals surface area (Å²) in [6, 6.07) is 17.0. The summed E-state index contributed by atoms with van der Waals surface area (Å²) in [5.41, 5.74) is 2.41. The van der Waals surface area contributed by atoms with Gasteiger partial charge in [0.25, 0.3) is 5.91 Å². The maximum absolute atomic E-state index is 12.5. The molecule has 1 aromatic heterocycles. The topological polar surface area (TPSA) is 64.4 Å². The van der Waals surface area contributed by atoms with Crippen LogP contribution < -0.4 is 10.1 Å². The number of methoxy groups -OCH3 is 1. The average molecular weight is 308 g/mol. The predicted molar refractivity (Wildman–Crippen MR) is 87.6 cm³/mol. The van der Waals surface area contributed by atoms with E-state index in [9.17, 15) is 4.79 Å². The Morgan fingerprint density at radius 1 is 1.09 bits per heavy atom. The van der Waals surface area contributed by atoms with Gasteiger partial charge < -0.3 is 14.6 Å². The quantitative estimate of drug-likeness (QED) is 0.793. The predicted octanol–water partition coefficient (Wildman–Crippen LogP) is 3.91. The molecule has 0 atom stereocenters. The van der Waals surface area contributed by atoms with Crippen LogP contribution in [0, 0.1) is 6.92 Å². The molecule has 1 amide bonds. The van der Waals surface area contributed by atoms with Crippen LogP contribution in [-0.4, -0.2) is 18.2 Å². The van der Waals surface area contributed by atoms with Crippen molar-refractivity contribution in [1.29, 1.82) is 0 Å². The number of benzene rings is 2. The molecule has 116 valence electrons. The van der Waals surface area contributed by atoms with Crippen LogP contribution in [0.5, 0.6) is 5.75 Å². The van der Waals surface area contributed by atoms with E-state index in [0.29, 0.717) is 22.9 Å². The number of hydrogen-bond acceptors (Lipinski definition) is 4. The molecule has 0 aliphatic rings. The first-order chi connectivity index (χ1) is 11.2. The van der Waals surface area contributed by atoms with Crippen LogP contribution in [0.4, 0.5) is 5.82 Å². The summed E-state index contributed by atoms with van der Waals surface area (Å²) in [5, 5.41) is 6.48. The summed E-state index contributed by atoms with van der Waals surface area (Å²) in [7, 11) is 1.54. The fraction of sp³-hybridized carbons (Fsp3) is 0.111. The molecule has 1 heterocycles. The number of amides is 1. The van der Waals surface area contributed by atoms with Crippen molar-refractivity contribution in [1.82, 2.24) is 5.16 Å². The van der Waals surface area contributed by atoms with Gasteiger partial charge in [-0.05, 0) is 30.2 Å². The Kier molecular flexibility index (Phi) is 4.10. The zero-order valence-electron chi connectivity index (χ0n) is 12.9. The first kappa shape index (κ1) is 14.8. The molecule has 0 saturated heterocycles. The Labute approximate surface area is 133 Å². The normalized spacial score (nSPS) is 10.3. The molecule has 2 aromatic carbocycles. The average Bonchev–Trinajstić information content (AvgIpc) is 3.00. The molecule has 0 spiro atoms. The van der Waals surface area contributed by atoms with E-state index < -0.39 is 0 Å². The lowest BCUT2D eigenvalue weighted by atomic mass is 10.0. The van der Waals surface area contributed by atoms with E-state index in [1.54, 1.807) is 25.1 Å². The Morgan fingerprint density at radius 2 is 1.87 bits per heavy atom. The largest absolute Gasteiger partial charge is 0.496 e. The van der Waals surface area contributed by atoms with Crippen LogP contribution in [0.15, 0.2) is 59.1 Å². The highest BCUT2D eigenvalue weighted by molar-refractivity contribution is 6.06. The third-order valence-corrected chi connectivity index (χ3v) is 3.42. The van der Waals surface area contributed by atoms with Crippen LogP contribution in [-0.2, 0) is 0 Å². The number of rotatable bonds is 4. The van der Waals surface area contributed by atoms with Crippen LogP contribution in [0.2, 0.25) is 0 Å². The Bertz CT molecular complexity index is 825. The summed E-state index contributed by atoms with van der Waals surface area (Å²) < 4.78 is 10.3. The summed E-state index contributed by atoms with van der Waals surface area (Å²) in [6.07, 6.45) is 0. The zero-order valence-corrected chi connectivity index (χ0v) is 12.9. The molecule has 0 bridgehead atoms. The maximum Gasteiger partial charge on any atom is 0.260 e. The minimum atomic E-state index is -0.298. The highest BCUT2D eigenvalue weighted by Gasteiger charge is 2.15. The van der Waals surface area contributed by atoms with Gasteiger partial charge in [-0.25, -0.2) is 0 Å². The molecule has 3 aromatic rings. The van der Waals surface area contributed by atoms with Crippen LogP contribution in [0.25, 0.3) is 11.1 Å². The molecule has 0 fully saturated rings. The maximum atomic E-state index is 12.5. The molecular weight excluding hydrogens is 292 g/mol. The van der Waals surface area contributed by atoms with E-state index in [1.165, 1.54) is 7.11 Å². The molecular formula is C18H16N2O3. The Balaban J connectivity index is 1.94. The number of nitrogens with one attached hydrogen (secondary N) is 1. The van der Waals surface area contributed by atoms with Gasteiger partial charge in [0, 0.05) is 6.07 Å². The van der Waals surface area contributed by atoms with Crippen molar-refractivity contribution < 1.29 is 14.1 Å². The van der Waals surface area contributed by atoms with Gasteiger partial charge in [0.15, 0.2) is 5.82 Å². The lowest BCUT2D eigenvalue weighted by molar-refractivity contribution is 0.102. The summed E-state index contributed by atoms with van der Waals surface area (Å²) >= 11 is 0. The summed E-state index contributed by atoms with van der Waals surface area (Å²) in [4.78, 5) is 12.5. The van der Waals surface area contributed by atoms with E-state index >= 15 is 0 Å². The summed E-state index contributed by atoms with van der Waals surface area (Å²) in [5.74, 6) is 1.21. The molecule has 23 heavy (non-hydrogen) atoms. The second-order valence-corrected chi connectivity index (χ2v) is 5.06. The van der Waals surface area contributed by atoms with Gasteiger partial charge in [-0.1, -0.05) is 41.6 Å². The molecule has 0 aliphatic carbocycles. The van der Waals surface area contributed by atoms with Crippen molar-refractivity contribution >= 4 is 11.7 Å². The van der Waals surface area contributed by atoms with Gasteiger partial charge in [0.1, 0.15) is 11.5 Å². The smallest absolute Gasteiger partial charge is 0.260 e. The van der Waals surface area contributed by atoms with Crippen molar-refractivity contribution in [2.45, 2.75) is 6.92 Å². The van der Waals surface area contributed by atoms with Gasteiger partial charge in [-0.2, -0.15) is 0 Å². The Morgan fingerprint density at radius 3 is 2.52 bits per heavy atom. The van der Waals surface area contributed by atoms with E-state index in [2.05, 4.69) is 10.5 Å². The zero-order chi connectivity index (χ0) is 16.2. The molecule has 5 nitrogen and oxygen atoms in total. The van der Waals surface area contributed by atoms with Crippen LogP contribution in [0.3, 0.4) is 0 Å². The van der Waals surface area contributed by atoms with Crippen LogP contribution in [0.1, 0.15) is 16.1 Å². The Hall–Kier alpha value is -3.08. The third-order valence-electron chi connectivity index (χ3n) is 3.42. The van der Waals surface area contributed by atoms with E-state index in [-0.39, 0.29) is 5.91 Å². The number of carbonyl (C=O) groups excluding carboxylic acids is 1. The van der Waals surface area contributed by atoms with Crippen molar-refractivity contribution in [2.24, 2.45) is 0 Å². The highest BCUT2D eigenvalue weighted by atomic mass is 16.5. The fourth-order valence-corrected chi connectivity index (χ4v) is 2.30. The molecule has 0 aliphatic heterocycles. The number of hydrogen-bond donors (Lipinski definition) is 1. The van der Waals surface area contributed by atoms with Gasteiger partial charge in [0.05, 0.1) is 12.7 Å². The monoisotopic (exact) mass is 308 g/mol. The number of aromatic nitrogens is 1. The number of anilines is 1. The fourth-order valence-electron chi connectivity index (χ4n) is 2.30. The van der Waals surface area contributed by atoms with Crippen molar-refractivity contribution in [3.8, 4) is 16.9 Å². The van der Waals surface area contributed by atoms with Gasteiger partial charge in [-0.3, -0.25) is 4.79 Å². The van der Waals surface area contributed by atoms with Crippen molar-refractivity contribution in [3.05, 3.63) is 65.9 Å². The number of ether oxygens (including phenoxy) is 1. The first-order valence-electron chi connectivity index (χ1n) is 7.15. The third kappa shape index (κ3) is 3.23. The highest BCUT2D eigenvalue weighted by Crippen LogP contribution is 2.27. The van der Waals surface area contributed by atoms with E-state index in [0.717, 1.165) is 11.1 Å². The molecule has 0 saturated carbocycles. The minimum Gasteiger partial charge on any atom is -0.496 e. The number of carbonyl (C=O) groups is 1. The number of nitrogens with zero attached hydrogens (tertiary/aromatic N) is 1. The number of aryl methyl sites for hydroxylation is 1. The second-order valence-electron chi connectivity index (χ2n) is 5.06. The van der Waals surface area contributed by atoms with E-state index in [1.807, 2.05) is 36.4 Å². The summed E-state index contributed by atoms with van der Waals surface area (Å²) in [6.45, 7) is 1.76. The molecule has 1 N–H and O–H groups in total. The van der Waals surface area contributed by atoms with E-state index in [4.69, 9.17) is 9.26 Å². The standard InChI is InChI=1S/C18H16N2O3/c1-12-10-17(20-23-12)19-18(21)15-11-14(8-9-16(15)22-2)13-6-4-3-5-7-13/h3-11H,1-2H3,(H,19,20,21). The molecule has 3 rings (SSSR count). The molecule has 5 heteroatoms. The molecule has 0 unspecified atom stereocenters. The second kappa shape index (κ2) is 6.36. The van der Waals surface area contributed by atoms with Crippen LogP contribution >= 0.6 is 0 Å². The van der Waals surface area contributed by atoms with Crippen molar-refractivity contribution in [2.75, 3.05) is 12.4 Å². The molecule has 0 radical (unpaired) electrons. The SMILES string of the molecule is COc1ccc(-c2ccccc2)cc1C(=O)Nc1cc(C)on1. The van der Waals surface area contributed by atoms with Gasteiger partial charge in [-0.15, -0.1) is 0 Å².